The molecule has 70 valence electrons. The summed E-state index contributed by atoms with van der Waals surface area (Å²) in [5.41, 5.74) is 0.500. The molecule has 1 rings (SSSR count). The third-order valence-corrected chi connectivity index (χ3v) is 3.50. The highest BCUT2D eigenvalue weighted by Gasteiger charge is 2.34. The molecule has 0 N–H and O–H groups in total. The standard InChI is InChI=1S/C11H21N/c1-10(2)11(9-12-3)7-5-4-6-8-11/h10H,3-9H2,1-2H3. The van der Waals surface area contributed by atoms with Gasteiger partial charge in [0.15, 0.2) is 0 Å². The molecule has 0 unspecified atom stereocenters. The van der Waals surface area contributed by atoms with E-state index in [1.54, 1.807) is 0 Å². The van der Waals surface area contributed by atoms with Crippen molar-refractivity contribution in [3.63, 3.8) is 0 Å². The van der Waals surface area contributed by atoms with Gasteiger partial charge < -0.3 is 4.99 Å². The molecule has 12 heavy (non-hydrogen) atoms. The zero-order chi connectivity index (χ0) is 9.03. The summed E-state index contributed by atoms with van der Waals surface area (Å²) in [5, 5.41) is 0. The second-order valence-corrected chi connectivity index (χ2v) is 4.46. The second kappa shape index (κ2) is 4.06. The molecule has 0 heterocycles. The Kier molecular flexibility index (Phi) is 3.30. The lowest BCUT2D eigenvalue weighted by atomic mass is 9.67. The lowest BCUT2D eigenvalue weighted by molar-refractivity contribution is 0.129. The zero-order valence-corrected chi connectivity index (χ0v) is 8.47. The van der Waals surface area contributed by atoms with Crippen molar-refractivity contribution in [3.05, 3.63) is 0 Å². The number of hydrogen-bond donors (Lipinski definition) is 0. The van der Waals surface area contributed by atoms with Crippen molar-refractivity contribution in [2.75, 3.05) is 6.54 Å². The predicted octanol–water partition coefficient (Wildman–Crippen LogP) is 3.29. The molecule has 1 saturated carbocycles. The predicted molar refractivity (Wildman–Crippen MR) is 54.8 cm³/mol. The molecule has 0 aliphatic heterocycles. The Hall–Kier alpha value is -0.330. The first-order valence-corrected chi connectivity index (χ1v) is 5.14. The Labute approximate surface area is 76.3 Å². The van der Waals surface area contributed by atoms with Crippen LogP contribution < -0.4 is 0 Å². The minimum atomic E-state index is 0.500. The summed E-state index contributed by atoms with van der Waals surface area (Å²) in [6.45, 7) is 9.27. The average molecular weight is 167 g/mol. The molecule has 0 aromatic rings. The Morgan fingerprint density at radius 2 is 1.83 bits per heavy atom. The molecule has 0 saturated heterocycles. The van der Waals surface area contributed by atoms with E-state index < -0.39 is 0 Å². The molecule has 1 aliphatic rings. The fourth-order valence-corrected chi connectivity index (χ4v) is 2.40. The maximum atomic E-state index is 4.10. The van der Waals surface area contributed by atoms with Crippen LogP contribution in [-0.4, -0.2) is 13.3 Å². The van der Waals surface area contributed by atoms with E-state index in [0.717, 1.165) is 12.5 Å². The summed E-state index contributed by atoms with van der Waals surface area (Å²) in [6, 6.07) is 0. The fourth-order valence-electron chi connectivity index (χ4n) is 2.40. The summed E-state index contributed by atoms with van der Waals surface area (Å²) in [5.74, 6) is 0.767. The van der Waals surface area contributed by atoms with Crippen LogP contribution in [0, 0.1) is 11.3 Å². The summed E-state index contributed by atoms with van der Waals surface area (Å²) < 4.78 is 0. The van der Waals surface area contributed by atoms with Crippen molar-refractivity contribution in [2.45, 2.75) is 46.0 Å². The molecule has 0 bridgehead atoms. The number of rotatable bonds is 3. The molecule has 0 aromatic heterocycles. The maximum absolute atomic E-state index is 4.10. The minimum absolute atomic E-state index is 0.500. The van der Waals surface area contributed by atoms with Gasteiger partial charge in [0, 0.05) is 6.54 Å². The number of nitrogens with zero attached hydrogens (tertiary/aromatic N) is 1. The fraction of sp³-hybridized carbons (Fsp3) is 0.909. The zero-order valence-electron chi connectivity index (χ0n) is 8.47. The van der Waals surface area contributed by atoms with E-state index in [1.807, 2.05) is 0 Å². The highest BCUT2D eigenvalue weighted by Crippen LogP contribution is 2.42. The van der Waals surface area contributed by atoms with Gasteiger partial charge in [-0.15, -0.1) is 0 Å². The average Bonchev–Trinajstić information content (AvgIpc) is 2.06. The third kappa shape index (κ3) is 1.88. The molecular weight excluding hydrogens is 146 g/mol. The highest BCUT2D eigenvalue weighted by molar-refractivity contribution is 5.23. The number of aliphatic imine (C=N–C) groups is 1. The second-order valence-electron chi connectivity index (χ2n) is 4.46. The lowest BCUT2D eigenvalue weighted by Crippen LogP contribution is -2.32. The van der Waals surface area contributed by atoms with E-state index in [1.165, 1.54) is 32.1 Å². The van der Waals surface area contributed by atoms with Crippen molar-refractivity contribution in [3.8, 4) is 0 Å². The van der Waals surface area contributed by atoms with Crippen molar-refractivity contribution in [1.82, 2.24) is 0 Å². The van der Waals surface area contributed by atoms with Crippen molar-refractivity contribution >= 4 is 6.72 Å². The van der Waals surface area contributed by atoms with E-state index >= 15 is 0 Å². The first-order chi connectivity index (χ1) is 5.71. The normalized spacial score (nSPS) is 22.6. The molecule has 0 radical (unpaired) electrons. The van der Waals surface area contributed by atoms with E-state index in [9.17, 15) is 0 Å². The van der Waals surface area contributed by atoms with Gasteiger partial charge in [-0.05, 0) is 30.9 Å². The van der Waals surface area contributed by atoms with Crippen molar-refractivity contribution in [2.24, 2.45) is 16.3 Å². The smallest absolute Gasteiger partial charge is 0.0440 e. The van der Waals surface area contributed by atoms with Crippen LogP contribution in [0.3, 0.4) is 0 Å². The molecule has 1 heteroatoms. The van der Waals surface area contributed by atoms with Gasteiger partial charge >= 0.3 is 0 Å². The first-order valence-electron chi connectivity index (χ1n) is 5.14. The van der Waals surface area contributed by atoms with E-state index in [4.69, 9.17) is 0 Å². The van der Waals surface area contributed by atoms with Crippen LogP contribution in [0.1, 0.15) is 46.0 Å². The third-order valence-electron chi connectivity index (χ3n) is 3.50. The maximum Gasteiger partial charge on any atom is 0.0440 e. The van der Waals surface area contributed by atoms with Crippen molar-refractivity contribution in [1.29, 1.82) is 0 Å². The molecular formula is C11H21N. The molecule has 1 fully saturated rings. The van der Waals surface area contributed by atoms with Crippen LogP contribution in [0.15, 0.2) is 4.99 Å². The van der Waals surface area contributed by atoms with Gasteiger partial charge in [0.25, 0.3) is 0 Å². The Balaban J connectivity index is 2.62. The van der Waals surface area contributed by atoms with Gasteiger partial charge in [-0.1, -0.05) is 33.1 Å². The molecule has 1 aliphatic carbocycles. The summed E-state index contributed by atoms with van der Waals surface area (Å²) in [7, 11) is 0. The van der Waals surface area contributed by atoms with Crippen LogP contribution >= 0.6 is 0 Å². The Morgan fingerprint density at radius 1 is 1.25 bits per heavy atom. The number of hydrogen-bond acceptors (Lipinski definition) is 1. The first kappa shape index (κ1) is 9.76. The van der Waals surface area contributed by atoms with E-state index in [2.05, 4.69) is 25.6 Å². The largest absolute Gasteiger partial charge is 0.300 e. The van der Waals surface area contributed by atoms with Gasteiger partial charge in [-0.25, -0.2) is 0 Å². The summed E-state index contributed by atoms with van der Waals surface area (Å²) >= 11 is 0. The van der Waals surface area contributed by atoms with Crippen LogP contribution in [0.4, 0.5) is 0 Å². The Bertz CT molecular complexity index is 143. The van der Waals surface area contributed by atoms with Crippen molar-refractivity contribution < 1.29 is 0 Å². The van der Waals surface area contributed by atoms with Gasteiger partial charge in [0.05, 0.1) is 0 Å². The van der Waals surface area contributed by atoms with Crippen LogP contribution in [-0.2, 0) is 0 Å². The van der Waals surface area contributed by atoms with Crippen LogP contribution in [0.2, 0.25) is 0 Å². The van der Waals surface area contributed by atoms with Crippen LogP contribution in [0.5, 0.6) is 0 Å². The van der Waals surface area contributed by atoms with Gasteiger partial charge in [-0.2, -0.15) is 0 Å². The molecule has 0 amide bonds. The van der Waals surface area contributed by atoms with Gasteiger partial charge in [0.1, 0.15) is 0 Å². The molecule has 0 spiro atoms. The lowest BCUT2D eigenvalue weighted by Gasteiger charge is -2.39. The minimum Gasteiger partial charge on any atom is -0.300 e. The van der Waals surface area contributed by atoms with E-state index in [0.29, 0.717) is 5.41 Å². The monoisotopic (exact) mass is 167 g/mol. The molecule has 0 aromatic carbocycles. The molecule has 0 atom stereocenters. The SMILES string of the molecule is C=NCC1(C(C)C)CCCCC1. The Morgan fingerprint density at radius 3 is 2.25 bits per heavy atom. The topological polar surface area (TPSA) is 12.4 Å². The van der Waals surface area contributed by atoms with Gasteiger partial charge in [-0.3, -0.25) is 0 Å². The summed E-state index contributed by atoms with van der Waals surface area (Å²) in [4.78, 5) is 4.10. The highest BCUT2D eigenvalue weighted by atomic mass is 14.7. The van der Waals surface area contributed by atoms with E-state index in [-0.39, 0.29) is 0 Å². The molecule has 1 nitrogen and oxygen atoms in total. The quantitative estimate of drug-likeness (QED) is 0.572. The van der Waals surface area contributed by atoms with Crippen LogP contribution in [0.25, 0.3) is 0 Å². The van der Waals surface area contributed by atoms with Gasteiger partial charge in [0.2, 0.25) is 0 Å². The summed E-state index contributed by atoms with van der Waals surface area (Å²) in [6.07, 6.45) is 6.94.